The second kappa shape index (κ2) is 7.04. The molecule has 0 bridgehead atoms. The van der Waals surface area contributed by atoms with E-state index in [1.54, 1.807) is 6.20 Å². The van der Waals surface area contributed by atoms with Crippen LogP contribution in [-0.4, -0.2) is 21.2 Å². The molecule has 0 aromatic carbocycles. The van der Waals surface area contributed by atoms with Crippen LogP contribution in [0.3, 0.4) is 0 Å². The minimum absolute atomic E-state index is 0.361. The zero-order valence-electron chi connectivity index (χ0n) is 14.7. The first kappa shape index (κ1) is 17.0. The van der Waals surface area contributed by atoms with Crippen LogP contribution in [0.25, 0.3) is 11.5 Å². The molecule has 0 radical (unpaired) electrons. The maximum absolute atomic E-state index is 6.40. The lowest BCUT2D eigenvalue weighted by Gasteiger charge is -2.25. The number of aryl methyl sites for hydroxylation is 1. The predicted octanol–water partition coefficient (Wildman–Crippen LogP) is 4.11. The van der Waals surface area contributed by atoms with Gasteiger partial charge in [0.1, 0.15) is 11.5 Å². The fraction of sp³-hybridized carbons (Fsp3) is 0.632. The molecule has 2 fully saturated rings. The molecule has 134 valence electrons. The van der Waals surface area contributed by atoms with Crippen molar-refractivity contribution in [2.24, 2.45) is 17.6 Å². The van der Waals surface area contributed by atoms with E-state index in [0.717, 1.165) is 67.3 Å². The first-order valence-electron chi connectivity index (χ1n) is 9.32. The second-order valence-electron chi connectivity index (χ2n) is 7.69. The van der Waals surface area contributed by atoms with E-state index >= 15 is 0 Å². The van der Waals surface area contributed by atoms with Crippen molar-refractivity contribution in [3.8, 4) is 11.5 Å². The monoisotopic (exact) mass is 360 g/mol. The van der Waals surface area contributed by atoms with Crippen molar-refractivity contribution in [2.75, 3.05) is 0 Å². The Hall–Kier alpha value is -1.46. The Labute approximate surface area is 153 Å². The summed E-state index contributed by atoms with van der Waals surface area (Å²) in [6.45, 7) is 1.99. The van der Waals surface area contributed by atoms with E-state index < -0.39 is 0 Å². The van der Waals surface area contributed by atoms with Crippen molar-refractivity contribution in [1.82, 2.24) is 15.1 Å². The highest BCUT2D eigenvalue weighted by Gasteiger charge is 2.28. The average Bonchev–Trinajstić information content (AvgIpc) is 3.35. The lowest BCUT2D eigenvalue weighted by molar-refractivity contribution is 0.321. The van der Waals surface area contributed by atoms with Crippen LogP contribution < -0.4 is 5.73 Å². The number of halogens is 1. The van der Waals surface area contributed by atoms with Gasteiger partial charge in [-0.1, -0.05) is 16.8 Å². The molecule has 2 saturated carbocycles. The molecule has 2 N–H and O–H groups in total. The molecule has 2 aliphatic rings. The highest BCUT2D eigenvalue weighted by Crippen LogP contribution is 2.38. The molecular formula is C19H25ClN4O. The zero-order valence-corrected chi connectivity index (χ0v) is 15.4. The van der Waals surface area contributed by atoms with Crippen LogP contribution in [0.1, 0.15) is 55.6 Å². The minimum Gasteiger partial charge on any atom is -0.354 e. The molecule has 5 nitrogen and oxygen atoms in total. The number of hydrogen-bond acceptors (Lipinski definition) is 5. The smallest absolute Gasteiger partial charge is 0.190 e. The van der Waals surface area contributed by atoms with Gasteiger partial charge in [-0.15, -0.1) is 0 Å². The van der Waals surface area contributed by atoms with Gasteiger partial charge in [0.05, 0.1) is 10.7 Å². The van der Waals surface area contributed by atoms with Gasteiger partial charge in [0.2, 0.25) is 0 Å². The Bertz CT molecular complexity index is 748. The molecule has 4 rings (SSSR count). The maximum atomic E-state index is 6.40. The Morgan fingerprint density at radius 1 is 1.12 bits per heavy atom. The number of rotatable bonds is 5. The van der Waals surface area contributed by atoms with Crippen molar-refractivity contribution >= 4 is 11.6 Å². The maximum Gasteiger partial charge on any atom is 0.190 e. The molecular weight excluding hydrogens is 336 g/mol. The van der Waals surface area contributed by atoms with E-state index in [1.165, 1.54) is 12.8 Å². The second-order valence-corrected chi connectivity index (χ2v) is 8.10. The molecule has 0 aliphatic heterocycles. The highest BCUT2D eigenvalue weighted by molar-refractivity contribution is 6.32. The van der Waals surface area contributed by atoms with Gasteiger partial charge in [0, 0.05) is 24.2 Å². The summed E-state index contributed by atoms with van der Waals surface area (Å²) in [6, 6.07) is 0.361. The van der Waals surface area contributed by atoms with E-state index in [4.69, 9.17) is 26.8 Å². The normalized spacial score (nSPS) is 23.8. The van der Waals surface area contributed by atoms with Gasteiger partial charge in [-0.2, -0.15) is 0 Å². The summed E-state index contributed by atoms with van der Waals surface area (Å²) in [4.78, 5) is 9.20. The molecule has 2 aliphatic carbocycles. The van der Waals surface area contributed by atoms with Crippen LogP contribution in [0.15, 0.2) is 10.7 Å². The number of hydrogen-bond donors (Lipinski definition) is 1. The van der Waals surface area contributed by atoms with E-state index in [-0.39, 0.29) is 0 Å². The number of nitrogens with two attached hydrogens (primary N) is 1. The number of nitrogens with zero attached hydrogens (tertiary/aromatic N) is 3. The third-order valence-corrected chi connectivity index (χ3v) is 5.82. The molecule has 0 saturated heterocycles. The van der Waals surface area contributed by atoms with Crippen LogP contribution in [0.5, 0.6) is 0 Å². The molecule has 2 aromatic rings. The molecule has 25 heavy (non-hydrogen) atoms. The molecule has 0 spiro atoms. The Kier molecular flexibility index (Phi) is 4.78. The van der Waals surface area contributed by atoms with Crippen molar-refractivity contribution in [2.45, 2.75) is 64.3 Å². The first-order chi connectivity index (χ1) is 12.1. The molecule has 2 heterocycles. The summed E-state index contributed by atoms with van der Waals surface area (Å²) in [5.41, 5.74) is 8.79. The third kappa shape index (κ3) is 3.87. The Morgan fingerprint density at radius 3 is 2.52 bits per heavy atom. The van der Waals surface area contributed by atoms with Crippen molar-refractivity contribution in [3.63, 3.8) is 0 Å². The summed E-state index contributed by atoms with van der Waals surface area (Å²) in [5, 5.41) is 4.69. The number of aromatic nitrogens is 3. The van der Waals surface area contributed by atoms with Gasteiger partial charge in [-0.05, 0) is 63.7 Å². The van der Waals surface area contributed by atoms with Crippen LogP contribution in [0, 0.1) is 18.8 Å². The van der Waals surface area contributed by atoms with Crippen LogP contribution >= 0.6 is 11.6 Å². The summed E-state index contributed by atoms with van der Waals surface area (Å²) in [5.74, 6) is 2.93. The minimum atomic E-state index is 0.361. The lowest BCUT2D eigenvalue weighted by atomic mass is 9.84. The highest BCUT2D eigenvalue weighted by atomic mass is 35.5. The summed E-state index contributed by atoms with van der Waals surface area (Å²) in [6.07, 6.45) is 10.6. The first-order valence-corrected chi connectivity index (χ1v) is 9.70. The van der Waals surface area contributed by atoms with Gasteiger partial charge in [0.15, 0.2) is 5.76 Å². The van der Waals surface area contributed by atoms with Crippen LogP contribution in [-0.2, 0) is 12.8 Å². The van der Waals surface area contributed by atoms with Crippen LogP contribution in [0.4, 0.5) is 0 Å². The van der Waals surface area contributed by atoms with Gasteiger partial charge in [0.25, 0.3) is 0 Å². The van der Waals surface area contributed by atoms with E-state index in [2.05, 4.69) is 10.1 Å². The van der Waals surface area contributed by atoms with Gasteiger partial charge >= 0.3 is 0 Å². The van der Waals surface area contributed by atoms with Gasteiger partial charge in [-0.25, -0.2) is 9.97 Å². The summed E-state index contributed by atoms with van der Waals surface area (Å²) < 4.78 is 5.61. The molecule has 2 aromatic heterocycles. The van der Waals surface area contributed by atoms with E-state index in [0.29, 0.717) is 22.7 Å². The fourth-order valence-electron chi connectivity index (χ4n) is 3.74. The molecule has 0 amide bonds. The van der Waals surface area contributed by atoms with Gasteiger partial charge < -0.3 is 10.3 Å². The average molecular weight is 361 g/mol. The Balaban J connectivity index is 1.57. The SMILES string of the molecule is Cc1noc(-c2nc(CC3CCC(N)CC3)ncc2Cl)c1CC1CC1. The molecule has 0 atom stereocenters. The largest absolute Gasteiger partial charge is 0.354 e. The van der Waals surface area contributed by atoms with Crippen molar-refractivity contribution < 1.29 is 4.52 Å². The molecule has 6 heteroatoms. The van der Waals surface area contributed by atoms with Crippen molar-refractivity contribution in [1.29, 1.82) is 0 Å². The van der Waals surface area contributed by atoms with E-state index in [9.17, 15) is 0 Å². The fourth-order valence-corrected chi connectivity index (χ4v) is 3.91. The Morgan fingerprint density at radius 2 is 1.80 bits per heavy atom. The van der Waals surface area contributed by atoms with Crippen LogP contribution in [0.2, 0.25) is 5.02 Å². The third-order valence-electron chi connectivity index (χ3n) is 5.55. The summed E-state index contributed by atoms with van der Waals surface area (Å²) >= 11 is 6.40. The lowest BCUT2D eigenvalue weighted by Crippen LogP contribution is -2.27. The quantitative estimate of drug-likeness (QED) is 0.868. The van der Waals surface area contributed by atoms with Gasteiger partial charge in [-0.3, -0.25) is 0 Å². The van der Waals surface area contributed by atoms with E-state index in [1.807, 2.05) is 6.92 Å². The summed E-state index contributed by atoms with van der Waals surface area (Å²) in [7, 11) is 0. The van der Waals surface area contributed by atoms with Crippen molar-refractivity contribution in [3.05, 3.63) is 28.3 Å². The standard InChI is InChI=1S/C19H25ClN4O/c1-11-15(8-12-2-3-12)19(25-24-11)18-16(20)10-22-17(23-18)9-13-4-6-14(21)7-5-13/h10,12-14H,2-9,21H2,1H3. The topological polar surface area (TPSA) is 77.8 Å². The zero-order chi connectivity index (χ0) is 17.4. The molecule has 0 unspecified atom stereocenters. The predicted molar refractivity (Wildman–Crippen MR) is 97.3 cm³/mol.